The van der Waals surface area contributed by atoms with Gasteiger partial charge in [-0.1, -0.05) is 109 Å². The zero-order valence-corrected chi connectivity index (χ0v) is 20.0. The molecule has 5 aromatic rings. The highest BCUT2D eigenvalue weighted by Gasteiger charge is 2.25. The molecule has 0 bridgehead atoms. The van der Waals surface area contributed by atoms with E-state index in [9.17, 15) is 0 Å². The third kappa shape index (κ3) is 4.40. The van der Waals surface area contributed by atoms with Crippen LogP contribution in [-0.4, -0.2) is 0 Å². The molecule has 168 valence electrons. The molecule has 0 saturated carbocycles. The van der Waals surface area contributed by atoms with E-state index in [0.29, 0.717) is 5.92 Å². The second kappa shape index (κ2) is 10.1. The van der Waals surface area contributed by atoms with E-state index in [4.69, 9.17) is 5.73 Å². The lowest BCUT2D eigenvalue weighted by Crippen LogP contribution is -2.35. The van der Waals surface area contributed by atoms with E-state index in [1.165, 1.54) is 26.4 Å². The SMILES string of the molecule is C=Cc1sc2ccc(N)c(-c3ccccc3)c2[n+]1CCCC(c1ccccc1)c1ccccc1. The molecule has 3 heteroatoms. The largest absolute Gasteiger partial charge is 0.398 e. The normalized spacial score (nSPS) is 11.2. The van der Waals surface area contributed by atoms with Crippen LogP contribution in [0.5, 0.6) is 0 Å². The lowest BCUT2D eigenvalue weighted by Gasteiger charge is -2.17. The first-order chi connectivity index (χ1) is 16.8. The molecule has 2 N–H and O–H groups in total. The van der Waals surface area contributed by atoms with Crippen LogP contribution in [-0.2, 0) is 6.54 Å². The second-order valence-corrected chi connectivity index (χ2v) is 9.62. The van der Waals surface area contributed by atoms with Crippen molar-refractivity contribution >= 4 is 33.3 Å². The number of nitrogen functional groups attached to an aromatic ring is 1. The lowest BCUT2D eigenvalue weighted by atomic mass is 9.87. The molecule has 0 unspecified atom stereocenters. The van der Waals surface area contributed by atoms with Crippen molar-refractivity contribution in [1.29, 1.82) is 0 Å². The molecule has 0 spiro atoms. The Bertz CT molecular complexity index is 1350. The van der Waals surface area contributed by atoms with Gasteiger partial charge in [0.25, 0.3) is 5.01 Å². The van der Waals surface area contributed by atoms with Crippen molar-refractivity contribution in [2.24, 2.45) is 0 Å². The maximum Gasteiger partial charge on any atom is 0.262 e. The van der Waals surface area contributed by atoms with Gasteiger partial charge in [0.05, 0.1) is 5.56 Å². The third-order valence-corrected chi connectivity index (χ3v) is 7.58. The Morgan fingerprint density at radius 3 is 1.97 bits per heavy atom. The van der Waals surface area contributed by atoms with Crippen LogP contribution in [0.15, 0.2) is 110 Å². The number of thiazole rings is 1. The minimum Gasteiger partial charge on any atom is -0.398 e. The number of rotatable bonds is 8. The number of anilines is 1. The molecule has 0 saturated heterocycles. The van der Waals surface area contributed by atoms with Gasteiger partial charge in [0.1, 0.15) is 4.70 Å². The van der Waals surface area contributed by atoms with Crippen molar-refractivity contribution in [2.75, 3.05) is 5.73 Å². The maximum atomic E-state index is 6.53. The summed E-state index contributed by atoms with van der Waals surface area (Å²) in [4.78, 5) is 0. The fourth-order valence-electron chi connectivity index (χ4n) is 4.85. The van der Waals surface area contributed by atoms with Crippen LogP contribution in [0.4, 0.5) is 5.69 Å². The van der Waals surface area contributed by atoms with Crippen LogP contribution >= 0.6 is 11.3 Å². The number of hydrogen-bond donors (Lipinski definition) is 1. The van der Waals surface area contributed by atoms with Crippen LogP contribution in [0.1, 0.15) is 34.9 Å². The van der Waals surface area contributed by atoms with Crippen LogP contribution in [0, 0.1) is 0 Å². The van der Waals surface area contributed by atoms with Crippen molar-refractivity contribution in [1.82, 2.24) is 0 Å². The fraction of sp³-hybridized carbons (Fsp3) is 0.129. The van der Waals surface area contributed by atoms with E-state index in [1.807, 2.05) is 18.2 Å². The summed E-state index contributed by atoms with van der Waals surface area (Å²) in [5, 5.41) is 1.17. The number of benzene rings is 4. The highest BCUT2D eigenvalue weighted by atomic mass is 32.1. The summed E-state index contributed by atoms with van der Waals surface area (Å²) >= 11 is 1.78. The van der Waals surface area contributed by atoms with E-state index >= 15 is 0 Å². The fourth-order valence-corrected chi connectivity index (χ4v) is 5.89. The number of nitrogens with zero attached hydrogens (tertiary/aromatic N) is 1. The molecule has 1 heterocycles. The molecule has 0 aliphatic heterocycles. The monoisotopic (exact) mass is 461 g/mol. The van der Waals surface area contributed by atoms with Gasteiger partial charge in [-0.3, -0.25) is 0 Å². The molecule has 1 aromatic heterocycles. The van der Waals surface area contributed by atoms with Gasteiger partial charge in [0.15, 0.2) is 6.54 Å². The average Bonchev–Trinajstić information content (AvgIpc) is 3.25. The van der Waals surface area contributed by atoms with E-state index in [2.05, 4.69) is 102 Å². The number of nitrogens with two attached hydrogens (primary N) is 1. The molecular formula is C31H29N2S+. The molecular weight excluding hydrogens is 432 g/mol. The Kier molecular flexibility index (Phi) is 6.55. The van der Waals surface area contributed by atoms with E-state index < -0.39 is 0 Å². The quantitative estimate of drug-likeness (QED) is 0.186. The predicted octanol–water partition coefficient (Wildman–Crippen LogP) is 7.69. The Labute approximate surface area is 205 Å². The van der Waals surface area contributed by atoms with Gasteiger partial charge in [-0.2, -0.15) is 4.57 Å². The number of hydrogen-bond acceptors (Lipinski definition) is 2. The van der Waals surface area contributed by atoms with Crippen molar-refractivity contribution in [3.63, 3.8) is 0 Å². The number of aromatic nitrogens is 1. The highest BCUT2D eigenvalue weighted by molar-refractivity contribution is 7.19. The van der Waals surface area contributed by atoms with Gasteiger partial charge in [0.2, 0.25) is 5.52 Å². The molecule has 0 aliphatic rings. The van der Waals surface area contributed by atoms with E-state index in [0.717, 1.165) is 36.2 Å². The summed E-state index contributed by atoms with van der Waals surface area (Å²) < 4.78 is 3.66. The third-order valence-electron chi connectivity index (χ3n) is 6.44. The van der Waals surface area contributed by atoms with Crippen molar-refractivity contribution in [3.8, 4) is 11.1 Å². The average molecular weight is 462 g/mol. The van der Waals surface area contributed by atoms with Gasteiger partial charge in [0, 0.05) is 24.1 Å². The maximum absolute atomic E-state index is 6.53. The summed E-state index contributed by atoms with van der Waals surface area (Å²) in [5.41, 5.74) is 13.6. The van der Waals surface area contributed by atoms with Crippen LogP contribution in [0.25, 0.3) is 27.4 Å². The summed E-state index contributed by atoms with van der Waals surface area (Å²) in [6.07, 6.45) is 4.09. The summed E-state index contributed by atoms with van der Waals surface area (Å²) in [6, 6.07) is 36.3. The molecule has 0 aliphatic carbocycles. The van der Waals surface area contributed by atoms with Gasteiger partial charge in [-0.05, 0) is 35.2 Å². The molecule has 5 rings (SSSR count). The zero-order chi connectivity index (χ0) is 23.3. The molecule has 0 atom stereocenters. The summed E-state index contributed by atoms with van der Waals surface area (Å²) in [5.74, 6) is 0.374. The Morgan fingerprint density at radius 1 is 0.794 bits per heavy atom. The topological polar surface area (TPSA) is 29.9 Å². The first-order valence-corrected chi connectivity index (χ1v) is 12.6. The first-order valence-electron chi connectivity index (χ1n) is 11.8. The Morgan fingerprint density at radius 2 is 1.38 bits per heavy atom. The van der Waals surface area contributed by atoms with Gasteiger partial charge in [-0.25, -0.2) is 0 Å². The number of fused-ring (bicyclic) bond motifs is 1. The molecule has 4 aromatic carbocycles. The smallest absolute Gasteiger partial charge is 0.262 e. The Hall–Kier alpha value is -3.69. The molecule has 34 heavy (non-hydrogen) atoms. The zero-order valence-electron chi connectivity index (χ0n) is 19.2. The van der Waals surface area contributed by atoms with Crippen LogP contribution in [0.3, 0.4) is 0 Å². The molecule has 0 amide bonds. The first kappa shape index (κ1) is 22.1. The van der Waals surface area contributed by atoms with Gasteiger partial charge < -0.3 is 5.73 Å². The number of aryl methyl sites for hydroxylation is 1. The second-order valence-electron chi connectivity index (χ2n) is 8.55. The van der Waals surface area contributed by atoms with E-state index in [-0.39, 0.29) is 0 Å². The van der Waals surface area contributed by atoms with Crippen molar-refractivity contribution < 1.29 is 4.57 Å². The van der Waals surface area contributed by atoms with E-state index in [1.54, 1.807) is 11.3 Å². The minimum absolute atomic E-state index is 0.374. The Balaban J connectivity index is 1.50. The summed E-state index contributed by atoms with van der Waals surface area (Å²) in [6.45, 7) is 5.03. The standard InChI is InChI=1S/C31H29N2S/c1-2-29-33(31-28(34-29)21-20-27(32)30(31)25-17-10-5-11-18-25)22-12-19-26(23-13-6-3-7-14-23)24-15-8-4-9-16-24/h2-11,13-18,20-21,26H,1,12,19,22,32H2/q+1. The highest BCUT2D eigenvalue weighted by Crippen LogP contribution is 2.36. The van der Waals surface area contributed by atoms with Crippen LogP contribution < -0.4 is 10.3 Å². The molecule has 0 fully saturated rings. The van der Waals surface area contributed by atoms with Crippen LogP contribution in [0.2, 0.25) is 0 Å². The van der Waals surface area contributed by atoms with Crippen molar-refractivity contribution in [3.05, 3.63) is 126 Å². The predicted molar refractivity (Wildman–Crippen MR) is 146 cm³/mol. The van der Waals surface area contributed by atoms with Gasteiger partial charge in [-0.15, -0.1) is 0 Å². The summed E-state index contributed by atoms with van der Waals surface area (Å²) in [7, 11) is 0. The van der Waals surface area contributed by atoms with Gasteiger partial charge >= 0.3 is 0 Å². The molecule has 0 radical (unpaired) electrons. The minimum atomic E-state index is 0.374. The molecule has 2 nitrogen and oxygen atoms in total. The lowest BCUT2D eigenvalue weighted by molar-refractivity contribution is -0.669. The van der Waals surface area contributed by atoms with Crippen molar-refractivity contribution in [2.45, 2.75) is 25.3 Å².